The number of fused-ring (bicyclic) bond motifs is 3. The molecule has 2 saturated carbocycles. The highest BCUT2D eigenvalue weighted by Gasteiger charge is 2.56. The summed E-state index contributed by atoms with van der Waals surface area (Å²) >= 11 is 0. The number of carbonyl (C=O) groups excluding carboxylic acids is 1. The van der Waals surface area contributed by atoms with Crippen LogP contribution in [0.15, 0.2) is 42.0 Å². The molecule has 0 aliphatic heterocycles. The van der Waals surface area contributed by atoms with Gasteiger partial charge in [-0.1, -0.05) is 55.8 Å². The van der Waals surface area contributed by atoms with E-state index in [9.17, 15) is 15.2 Å². The second-order valence-electron chi connectivity index (χ2n) is 10.1. The predicted octanol–water partition coefficient (Wildman–Crippen LogP) is 5.24. The number of rotatable bonds is 4. The highest BCUT2D eigenvalue weighted by atomic mass is 16.3. The van der Waals surface area contributed by atoms with Crippen molar-refractivity contribution in [1.29, 1.82) is 5.26 Å². The fraction of sp³-hybridized carbons (Fsp3) is 0.615. The van der Waals surface area contributed by atoms with Crippen molar-refractivity contribution in [2.75, 3.05) is 0 Å². The summed E-state index contributed by atoms with van der Waals surface area (Å²) in [4.78, 5) is 13.5. The molecule has 1 aromatic carbocycles. The highest BCUT2D eigenvalue weighted by Crippen LogP contribution is 2.62. The number of benzene rings is 1. The lowest BCUT2D eigenvalue weighted by atomic mass is 9.46. The molecule has 154 valence electrons. The Kier molecular flexibility index (Phi) is 5.42. The van der Waals surface area contributed by atoms with Gasteiger partial charge in [0.25, 0.3) is 0 Å². The number of hydrogen-bond acceptors (Lipinski definition) is 3. The Labute approximate surface area is 174 Å². The summed E-state index contributed by atoms with van der Waals surface area (Å²) in [6.45, 7) is 4.50. The second kappa shape index (κ2) is 7.73. The number of carbonyl (C=O) groups is 1. The quantitative estimate of drug-likeness (QED) is 0.714. The van der Waals surface area contributed by atoms with Crippen LogP contribution in [-0.2, 0) is 11.2 Å². The molecule has 0 bridgehead atoms. The number of aliphatic hydroxyl groups is 1. The van der Waals surface area contributed by atoms with Crippen LogP contribution in [0.2, 0.25) is 0 Å². The number of allylic oxidation sites excluding steroid dienone is 1. The molecule has 3 aliphatic carbocycles. The van der Waals surface area contributed by atoms with Gasteiger partial charge in [0.05, 0.1) is 12.2 Å². The van der Waals surface area contributed by atoms with Crippen LogP contribution in [0.1, 0.15) is 64.4 Å². The zero-order valence-electron chi connectivity index (χ0n) is 17.7. The molecule has 1 aromatic rings. The molecular weight excluding hydrogens is 358 g/mol. The van der Waals surface area contributed by atoms with Gasteiger partial charge >= 0.3 is 0 Å². The summed E-state index contributed by atoms with van der Waals surface area (Å²) in [5.41, 5.74) is 2.19. The molecule has 0 heterocycles. The molecule has 2 fully saturated rings. The van der Waals surface area contributed by atoms with Gasteiger partial charge in [-0.3, -0.25) is 4.79 Å². The smallest absolute Gasteiger partial charge is 0.143 e. The first kappa shape index (κ1) is 20.4. The molecule has 0 saturated heterocycles. The van der Waals surface area contributed by atoms with E-state index < -0.39 is 5.41 Å². The molecule has 6 atom stereocenters. The number of Topliss-reactive ketones (excluding diaryl/α,β-unsaturated/α-hetero) is 1. The summed E-state index contributed by atoms with van der Waals surface area (Å²) in [6, 6.07) is 12.4. The number of nitriles is 1. The first-order chi connectivity index (χ1) is 13.9. The van der Waals surface area contributed by atoms with Gasteiger partial charge in [-0.2, -0.15) is 5.26 Å². The van der Waals surface area contributed by atoms with Crippen molar-refractivity contribution in [2.45, 2.75) is 71.3 Å². The molecule has 0 unspecified atom stereocenters. The van der Waals surface area contributed by atoms with Gasteiger partial charge in [-0.05, 0) is 67.3 Å². The Hall–Kier alpha value is -1.92. The van der Waals surface area contributed by atoms with Crippen LogP contribution in [0.4, 0.5) is 0 Å². The van der Waals surface area contributed by atoms with E-state index in [4.69, 9.17) is 0 Å². The zero-order valence-corrected chi connectivity index (χ0v) is 17.7. The average Bonchev–Trinajstić information content (AvgIpc) is 2.71. The molecule has 3 heteroatoms. The van der Waals surface area contributed by atoms with Gasteiger partial charge in [-0.15, -0.1) is 0 Å². The lowest BCUT2D eigenvalue weighted by molar-refractivity contribution is -0.139. The van der Waals surface area contributed by atoms with Crippen molar-refractivity contribution < 1.29 is 9.90 Å². The Morgan fingerprint density at radius 2 is 1.97 bits per heavy atom. The molecular formula is C26H33NO2. The maximum atomic E-state index is 13.5. The van der Waals surface area contributed by atoms with E-state index in [1.165, 1.54) is 5.57 Å². The maximum Gasteiger partial charge on any atom is 0.143 e. The van der Waals surface area contributed by atoms with Crippen LogP contribution in [0.25, 0.3) is 0 Å². The zero-order chi connectivity index (χ0) is 20.6. The molecule has 0 radical (unpaired) electrons. The Bertz CT molecular complexity index is 838. The SMILES string of the molecule is C[C@]12CC[C@H](O)CC1=CC[C@@H]1[C@@H]2CC[C@](C)(C(=O)Cc2ccccc2)[C@H]1CC#N. The van der Waals surface area contributed by atoms with Crippen molar-refractivity contribution in [2.24, 2.45) is 28.6 Å². The van der Waals surface area contributed by atoms with E-state index in [0.29, 0.717) is 30.5 Å². The Balaban J connectivity index is 1.63. The molecule has 29 heavy (non-hydrogen) atoms. The lowest BCUT2D eigenvalue weighted by Crippen LogP contribution is -2.53. The first-order valence-electron chi connectivity index (χ1n) is 11.2. The van der Waals surface area contributed by atoms with Gasteiger partial charge in [-0.25, -0.2) is 0 Å². The number of ketones is 1. The third-order valence-corrected chi connectivity index (χ3v) is 8.62. The highest BCUT2D eigenvalue weighted by molar-refractivity contribution is 5.87. The number of nitrogens with zero attached hydrogens (tertiary/aromatic N) is 1. The van der Waals surface area contributed by atoms with Crippen molar-refractivity contribution in [3.63, 3.8) is 0 Å². The van der Waals surface area contributed by atoms with Crippen LogP contribution in [0, 0.1) is 39.9 Å². The first-order valence-corrected chi connectivity index (χ1v) is 11.2. The van der Waals surface area contributed by atoms with Crippen LogP contribution in [0.3, 0.4) is 0 Å². The minimum atomic E-state index is -0.428. The van der Waals surface area contributed by atoms with Crippen LogP contribution in [0.5, 0.6) is 0 Å². The number of aliphatic hydroxyl groups excluding tert-OH is 1. The topological polar surface area (TPSA) is 61.1 Å². The molecule has 0 spiro atoms. The van der Waals surface area contributed by atoms with Crippen LogP contribution in [-0.4, -0.2) is 17.0 Å². The molecule has 0 amide bonds. The van der Waals surface area contributed by atoms with Crippen molar-refractivity contribution >= 4 is 5.78 Å². The third-order valence-electron chi connectivity index (χ3n) is 8.62. The third kappa shape index (κ3) is 3.46. The van der Waals surface area contributed by atoms with Crippen molar-refractivity contribution in [3.05, 3.63) is 47.5 Å². The summed E-state index contributed by atoms with van der Waals surface area (Å²) in [7, 11) is 0. The van der Waals surface area contributed by atoms with Crippen molar-refractivity contribution in [1.82, 2.24) is 0 Å². The van der Waals surface area contributed by atoms with E-state index in [-0.39, 0.29) is 17.4 Å². The fourth-order valence-corrected chi connectivity index (χ4v) is 6.77. The summed E-state index contributed by atoms with van der Waals surface area (Å²) < 4.78 is 0. The van der Waals surface area contributed by atoms with E-state index in [1.54, 1.807) is 0 Å². The second-order valence-corrected chi connectivity index (χ2v) is 10.1. The van der Waals surface area contributed by atoms with Crippen molar-refractivity contribution in [3.8, 4) is 6.07 Å². The Morgan fingerprint density at radius 1 is 1.21 bits per heavy atom. The average molecular weight is 392 g/mol. The predicted molar refractivity (Wildman–Crippen MR) is 114 cm³/mol. The van der Waals surface area contributed by atoms with Gasteiger partial charge < -0.3 is 5.11 Å². The van der Waals surface area contributed by atoms with Gasteiger partial charge in [0.2, 0.25) is 0 Å². The van der Waals surface area contributed by atoms with Gasteiger partial charge in [0, 0.05) is 18.3 Å². The molecule has 4 rings (SSSR count). The van der Waals surface area contributed by atoms with E-state index in [0.717, 1.165) is 44.1 Å². The van der Waals surface area contributed by atoms with E-state index in [2.05, 4.69) is 26.0 Å². The summed E-state index contributed by atoms with van der Waals surface area (Å²) in [6.07, 6.45) is 8.62. The monoisotopic (exact) mass is 391 g/mol. The van der Waals surface area contributed by atoms with Gasteiger partial charge in [0.15, 0.2) is 0 Å². The van der Waals surface area contributed by atoms with Crippen LogP contribution < -0.4 is 0 Å². The summed E-state index contributed by atoms with van der Waals surface area (Å²) in [5, 5.41) is 19.8. The Morgan fingerprint density at radius 3 is 2.69 bits per heavy atom. The van der Waals surface area contributed by atoms with E-state index >= 15 is 0 Å². The molecule has 3 aliphatic rings. The molecule has 0 aromatic heterocycles. The maximum absolute atomic E-state index is 13.5. The normalized spacial score (nSPS) is 38.9. The molecule has 3 nitrogen and oxygen atoms in total. The molecule has 1 N–H and O–H groups in total. The lowest BCUT2D eigenvalue weighted by Gasteiger charge is -2.57. The standard InChI is InChI=1S/C26H33NO2/c1-25-13-10-20(28)17-19(25)8-9-21-22(25)11-14-26(2,23(21)12-15-27)24(29)16-18-6-4-3-5-7-18/h3-8,20-23,28H,9-14,16-17H2,1-2H3/t20-,21+,22-,23-,25-,26-/m0/s1. The van der Waals surface area contributed by atoms with Crippen LogP contribution >= 0.6 is 0 Å². The minimum Gasteiger partial charge on any atom is -0.393 e. The summed E-state index contributed by atoms with van der Waals surface area (Å²) in [5.74, 6) is 1.31. The minimum absolute atomic E-state index is 0.115. The number of hydrogen-bond donors (Lipinski definition) is 1. The fourth-order valence-electron chi connectivity index (χ4n) is 6.77. The van der Waals surface area contributed by atoms with Gasteiger partial charge in [0.1, 0.15) is 5.78 Å². The van der Waals surface area contributed by atoms with E-state index in [1.807, 2.05) is 30.3 Å². The largest absolute Gasteiger partial charge is 0.393 e.